The van der Waals surface area contributed by atoms with Crippen LogP contribution in [0.2, 0.25) is 0 Å². The van der Waals surface area contributed by atoms with E-state index in [-0.39, 0.29) is 17.0 Å². The third kappa shape index (κ3) is 4.94. The van der Waals surface area contributed by atoms with Gasteiger partial charge in [0, 0.05) is 9.75 Å². The topological polar surface area (TPSA) is 79.5 Å². The lowest BCUT2D eigenvalue weighted by Crippen LogP contribution is -2.43. The van der Waals surface area contributed by atoms with Crippen LogP contribution in [0.25, 0.3) is 0 Å². The van der Waals surface area contributed by atoms with Gasteiger partial charge in [0.25, 0.3) is 5.91 Å². The summed E-state index contributed by atoms with van der Waals surface area (Å²) in [5.74, 6) is 0.0333. The molecule has 3 N–H and O–H groups in total. The van der Waals surface area contributed by atoms with Gasteiger partial charge in [0.05, 0.1) is 17.6 Å². The fourth-order valence-corrected chi connectivity index (χ4v) is 7.02. The second-order valence-electron chi connectivity index (χ2n) is 8.20. The van der Waals surface area contributed by atoms with Crippen molar-refractivity contribution in [3.05, 3.63) is 37.4 Å². The Labute approximate surface area is 195 Å². The van der Waals surface area contributed by atoms with E-state index in [4.69, 9.17) is 17.0 Å². The van der Waals surface area contributed by atoms with E-state index in [1.165, 1.54) is 53.0 Å². The molecule has 2 aliphatic carbocycles. The first-order valence-electron chi connectivity index (χ1n) is 10.7. The van der Waals surface area contributed by atoms with Crippen LogP contribution in [0.1, 0.15) is 73.5 Å². The van der Waals surface area contributed by atoms with E-state index in [9.17, 15) is 9.59 Å². The minimum Gasteiger partial charge on any atom is -0.465 e. The predicted octanol–water partition coefficient (Wildman–Crippen LogP) is 4.62. The van der Waals surface area contributed by atoms with Gasteiger partial charge in [-0.1, -0.05) is 13.3 Å². The van der Waals surface area contributed by atoms with Crippen LogP contribution in [0.4, 0.5) is 5.00 Å². The van der Waals surface area contributed by atoms with Gasteiger partial charge in [0.2, 0.25) is 0 Å². The predicted molar refractivity (Wildman–Crippen MR) is 129 cm³/mol. The number of rotatable bonds is 3. The summed E-state index contributed by atoms with van der Waals surface area (Å²) in [6, 6.07) is 2.00. The van der Waals surface area contributed by atoms with E-state index in [0.29, 0.717) is 21.4 Å². The number of ether oxygens (including phenoxy) is 1. The number of thiocarbonyl (C=S) groups is 1. The van der Waals surface area contributed by atoms with Crippen molar-refractivity contribution in [2.24, 2.45) is 5.92 Å². The number of hydrogen-bond donors (Lipinski definition) is 3. The van der Waals surface area contributed by atoms with Gasteiger partial charge in [0.15, 0.2) is 5.11 Å². The van der Waals surface area contributed by atoms with Crippen molar-refractivity contribution in [3.8, 4) is 0 Å². The lowest BCUT2D eigenvalue weighted by atomic mass is 9.88. The van der Waals surface area contributed by atoms with Gasteiger partial charge in [-0.2, -0.15) is 0 Å². The summed E-state index contributed by atoms with van der Waals surface area (Å²) in [6.45, 7) is 2.22. The summed E-state index contributed by atoms with van der Waals surface area (Å²) in [4.78, 5) is 28.2. The van der Waals surface area contributed by atoms with Gasteiger partial charge >= 0.3 is 5.97 Å². The lowest BCUT2D eigenvalue weighted by molar-refractivity contribution is 0.0600. The van der Waals surface area contributed by atoms with Gasteiger partial charge in [0.1, 0.15) is 5.00 Å². The van der Waals surface area contributed by atoms with Crippen LogP contribution < -0.4 is 16.2 Å². The molecule has 4 rings (SSSR count). The zero-order valence-corrected chi connectivity index (χ0v) is 20.2. The molecule has 0 spiro atoms. The smallest absolute Gasteiger partial charge is 0.341 e. The first-order chi connectivity index (χ1) is 15.0. The summed E-state index contributed by atoms with van der Waals surface area (Å²) in [7, 11) is 1.39. The Balaban J connectivity index is 1.41. The van der Waals surface area contributed by atoms with Gasteiger partial charge in [-0.15, -0.1) is 22.7 Å². The summed E-state index contributed by atoms with van der Waals surface area (Å²) < 4.78 is 5.01. The van der Waals surface area contributed by atoms with Gasteiger partial charge in [-0.25, -0.2) is 4.79 Å². The SMILES string of the molecule is COC(=O)c1c(NC(=S)NNC(=O)c2cc3c(s2)CCCCC3)sc2c1CC[C@H](C)C2. The molecular formula is C22H27N3O3S3. The maximum absolute atomic E-state index is 12.6. The number of esters is 1. The Morgan fingerprint density at radius 1 is 1.10 bits per heavy atom. The second-order valence-corrected chi connectivity index (χ2v) is 10.9. The first-order valence-corrected chi connectivity index (χ1v) is 12.7. The summed E-state index contributed by atoms with van der Waals surface area (Å²) >= 11 is 8.48. The molecule has 2 heterocycles. The van der Waals surface area contributed by atoms with Crippen molar-refractivity contribution in [2.75, 3.05) is 12.4 Å². The van der Waals surface area contributed by atoms with Crippen LogP contribution in [0.15, 0.2) is 6.07 Å². The molecule has 0 saturated heterocycles. The number of aryl methyl sites for hydroxylation is 2. The van der Waals surface area contributed by atoms with Crippen LogP contribution in [-0.2, 0) is 30.4 Å². The third-order valence-corrected chi connectivity index (χ3v) is 8.50. The molecule has 0 bridgehead atoms. The van der Waals surface area contributed by atoms with Crippen molar-refractivity contribution in [1.82, 2.24) is 10.9 Å². The minimum absolute atomic E-state index is 0.199. The molecule has 2 aliphatic rings. The Morgan fingerprint density at radius 2 is 1.90 bits per heavy atom. The highest BCUT2D eigenvalue weighted by Gasteiger charge is 2.28. The maximum Gasteiger partial charge on any atom is 0.341 e. The molecule has 0 unspecified atom stereocenters. The number of hydrazine groups is 1. The highest BCUT2D eigenvalue weighted by Crippen LogP contribution is 2.40. The molecule has 1 atom stereocenters. The number of carbonyl (C=O) groups excluding carboxylic acids is 2. The average molecular weight is 478 g/mol. The molecule has 6 nitrogen and oxygen atoms in total. The molecule has 1 amide bonds. The fraction of sp³-hybridized carbons (Fsp3) is 0.500. The molecule has 0 fully saturated rings. The number of methoxy groups -OCH3 is 1. The van der Waals surface area contributed by atoms with Crippen molar-refractivity contribution in [3.63, 3.8) is 0 Å². The minimum atomic E-state index is -0.360. The molecule has 0 saturated carbocycles. The Morgan fingerprint density at radius 3 is 2.71 bits per heavy atom. The van der Waals surface area contributed by atoms with Crippen LogP contribution in [0, 0.1) is 5.92 Å². The van der Waals surface area contributed by atoms with E-state index < -0.39 is 0 Å². The van der Waals surface area contributed by atoms with E-state index in [1.54, 1.807) is 11.3 Å². The summed E-state index contributed by atoms with van der Waals surface area (Å²) in [6.07, 6.45) is 8.59. The molecule has 31 heavy (non-hydrogen) atoms. The number of thiophene rings is 2. The van der Waals surface area contributed by atoms with Crippen LogP contribution in [-0.4, -0.2) is 24.1 Å². The van der Waals surface area contributed by atoms with Crippen molar-refractivity contribution in [2.45, 2.75) is 58.3 Å². The fourth-order valence-electron chi connectivity index (χ4n) is 4.25. The van der Waals surface area contributed by atoms with E-state index in [1.807, 2.05) is 6.07 Å². The molecule has 0 aliphatic heterocycles. The Kier molecular flexibility index (Phi) is 6.93. The van der Waals surface area contributed by atoms with Gasteiger partial charge in [-0.3, -0.25) is 15.6 Å². The van der Waals surface area contributed by atoms with Gasteiger partial charge < -0.3 is 10.1 Å². The number of fused-ring (bicyclic) bond motifs is 2. The number of hydrogen-bond acceptors (Lipinski definition) is 6. The third-order valence-electron chi connectivity index (χ3n) is 5.89. The number of amides is 1. The molecule has 2 aromatic rings. The van der Waals surface area contributed by atoms with E-state index in [2.05, 4.69) is 23.1 Å². The zero-order chi connectivity index (χ0) is 22.0. The zero-order valence-electron chi connectivity index (χ0n) is 17.8. The maximum atomic E-state index is 12.6. The molecule has 0 aromatic carbocycles. The van der Waals surface area contributed by atoms with Gasteiger partial charge in [-0.05, 0) is 80.3 Å². The van der Waals surface area contributed by atoms with E-state index in [0.717, 1.165) is 37.7 Å². The summed E-state index contributed by atoms with van der Waals surface area (Å²) in [5.41, 5.74) is 8.38. The number of nitrogens with one attached hydrogen (secondary N) is 3. The highest BCUT2D eigenvalue weighted by atomic mass is 32.1. The average Bonchev–Trinajstić information content (AvgIpc) is 3.24. The van der Waals surface area contributed by atoms with Crippen LogP contribution in [0.3, 0.4) is 0 Å². The molecular weight excluding hydrogens is 450 g/mol. The number of carbonyl (C=O) groups is 2. The highest BCUT2D eigenvalue weighted by molar-refractivity contribution is 7.80. The lowest BCUT2D eigenvalue weighted by Gasteiger charge is -2.18. The van der Waals surface area contributed by atoms with Crippen molar-refractivity contribution < 1.29 is 14.3 Å². The molecule has 166 valence electrons. The molecule has 2 aromatic heterocycles. The Bertz CT molecular complexity index is 988. The standard InChI is InChI=1S/C22H27N3O3S3/c1-12-8-9-14-16(10-12)31-20(18(14)21(27)28-2)23-22(29)25-24-19(26)17-11-13-6-4-3-5-7-15(13)30-17/h11-12H,3-10H2,1-2H3,(H,24,26)(H2,23,25,29)/t12-/m0/s1. The summed E-state index contributed by atoms with van der Waals surface area (Å²) in [5, 5.41) is 3.99. The first kappa shape index (κ1) is 22.2. The van der Waals surface area contributed by atoms with E-state index >= 15 is 0 Å². The van der Waals surface area contributed by atoms with Crippen molar-refractivity contribution >= 4 is 56.9 Å². The number of anilines is 1. The Hall–Kier alpha value is -1.97. The van der Waals surface area contributed by atoms with Crippen LogP contribution >= 0.6 is 34.9 Å². The molecule has 9 heteroatoms. The quantitative estimate of drug-likeness (QED) is 0.259. The normalized spacial score (nSPS) is 17.7. The monoisotopic (exact) mass is 477 g/mol. The second kappa shape index (κ2) is 9.67. The molecule has 0 radical (unpaired) electrons. The van der Waals surface area contributed by atoms with Crippen LogP contribution in [0.5, 0.6) is 0 Å². The largest absolute Gasteiger partial charge is 0.465 e. The van der Waals surface area contributed by atoms with Crippen molar-refractivity contribution in [1.29, 1.82) is 0 Å².